The van der Waals surface area contributed by atoms with Gasteiger partial charge in [0.1, 0.15) is 10.7 Å². The minimum atomic E-state index is -0.490. The molecule has 3 amide bonds. The summed E-state index contributed by atoms with van der Waals surface area (Å²) >= 11 is 1.39. The van der Waals surface area contributed by atoms with Gasteiger partial charge in [-0.25, -0.2) is 15.2 Å². The molecule has 0 saturated carbocycles. The molecule has 0 unspecified atom stereocenters. The highest BCUT2D eigenvalue weighted by Gasteiger charge is 2.16. The van der Waals surface area contributed by atoms with Crippen LogP contribution in [0.15, 0.2) is 90.3 Å². The molecule has 0 bridgehead atoms. The van der Waals surface area contributed by atoms with E-state index in [-0.39, 0.29) is 11.6 Å². The fraction of sp³-hybridized carbons (Fsp3) is 0.148. The Hall–Kier alpha value is -3.97. The molecule has 3 aromatic carbocycles. The van der Waals surface area contributed by atoms with Crippen LogP contribution in [-0.4, -0.2) is 23.5 Å². The van der Waals surface area contributed by atoms with Crippen molar-refractivity contribution < 1.29 is 9.59 Å². The van der Waals surface area contributed by atoms with Gasteiger partial charge in [0.2, 0.25) is 0 Å². The number of hydrazine groups is 1. The molecule has 4 aromatic rings. The van der Waals surface area contributed by atoms with Crippen molar-refractivity contribution in [1.82, 2.24) is 21.2 Å². The van der Waals surface area contributed by atoms with Gasteiger partial charge in [-0.1, -0.05) is 91.9 Å². The standard InChI is InChI=1S/C27H26N4O2S/c1-2-19-13-15-22(16-14-19)26-29-24(18-34-26)25(32)30-31-27(33)28-17-23(20-9-5-3-6-10-20)21-11-7-4-8-12-21/h3-16,18,23H,2,17H2,1H3,(H,30,32)(H2,28,31,33). The van der Waals surface area contributed by atoms with Crippen molar-refractivity contribution in [3.05, 3.63) is 113 Å². The third kappa shape index (κ3) is 5.88. The van der Waals surface area contributed by atoms with Crippen LogP contribution < -0.4 is 16.2 Å². The molecule has 1 aromatic heterocycles. The number of aryl methyl sites for hydroxylation is 1. The molecule has 172 valence electrons. The molecular formula is C27H26N4O2S. The second-order valence-electron chi connectivity index (χ2n) is 7.75. The number of rotatable bonds is 7. The smallest absolute Gasteiger partial charge is 0.333 e. The summed E-state index contributed by atoms with van der Waals surface area (Å²) in [6, 6.07) is 27.6. The summed E-state index contributed by atoms with van der Waals surface area (Å²) in [5.74, 6) is -0.477. The zero-order valence-electron chi connectivity index (χ0n) is 18.8. The highest BCUT2D eigenvalue weighted by atomic mass is 32.1. The fourth-order valence-corrected chi connectivity index (χ4v) is 4.42. The van der Waals surface area contributed by atoms with E-state index >= 15 is 0 Å². The molecule has 0 saturated heterocycles. The lowest BCUT2D eigenvalue weighted by Gasteiger charge is -2.19. The number of thiazole rings is 1. The van der Waals surface area contributed by atoms with Gasteiger partial charge in [0.25, 0.3) is 5.91 Å². The summed E-state index contributed by atoms with van der Waals surface area (Å²) in [5.41, 5.74) is 9.50. The Balaban J connectivity index is 1.32. The Morgan fingerprint density at radius 2 is 1.47 bits per heavy atom. The molecule has 0 atom stereocenters. The summed E-state index contributed by atoms with van der Waals surface area (Å²) in [7, 11) is 0. The van der Waals surface area contributed by atoms with Crippen LogP contribution >= 0.6 is 11.3 Å². The molecule has 1 heterocycles. The van der Waals surface area contributed by atoms with Crippen LogP contribution in [0.4, 0.5) is 4.79 Å². The van der Waals surface area contributed by atoms with Crippen molar-refractivity contribution in [2.45, 2.75) is 19.3 Å². The normalized spacial score (nSPS) is 10.6. The first-order valence-electron chi connectivity index (χ1n) is 11.1. The first kappa shape index (κ1) is 23.2. The maximum Gasteiger partial charge on any atom is 0.333 e. The Bertz CT molecular complexity index is 1190. The number of hydrogen-bond acceptors (Lipinski definition) is 4. The van der Waals surface area contributed by atoms with Crippen LogP contribution in [0.5, 0.6) is 0 Å². The highest BCUT2D eigenvalue weighted by molar-refractivity contribution is 7.13. The molecule has 6 nitrogen and oxygen atoms in total. The van der Waals surface area contributed by atoms with Gasteiger partial charge in [-0.15, -0.1) is 11.3 Å². The van der Waals surface area contributed by atoms with Gasteiger partial charge in [0, 0.05) is 23.4 Å². The van der Waals surface area contributed by atoms with Crippen LogP contribution in [0.25, 0.3) is 10.6 Å². The van der Waals surface area contributed by atoms with E-state index in [1.165, 1.54) is 16.9 Å². The maximum absolute atomic E-state index is 12.5. The van der Waals surface area contributed by atoms with E-state index in [9.17, 15) is 9.59 Å². The Kier molecular flexibility index (Phi) is 7.67. The lowest BCUT2D eigenvalue weighted by molar-refractivity contribution is 0.0932. The number of urea groups is 1. The zero-order chi connectivity index (χ0) is 23.8. The van der Waals surface area contributed by atoms with Crippen LogP contribution in [0.2, 0.25) is 0 Å². The van der Waals surface area contributed by atoms with Crippen LogP contribution in [0.1, 0.15) is 40.0 Å². The van der Waals surface area contributed by atoms with Crippen molar-refractivity contribution in [3.63, 3.8) is 0 Å². The molecule has 7 heteroatoms. The first-order chi connectivity index (χ1) is 16.6. The van der Waals surface area contributed by atoms with Crippen molar-refractivity contribution in [2.75, 3.05) is 6.54 Å². The number of benzene rings is 3. The summed E-state index contributed by atoms with van der Waals surface area (Å²) < 4.78 is 0. The van der Waals surface area contributed by atoms with E-state index in [2.05, 4.69) is 40.2 Å². The number of nitrogens with one attached hydrogen (secondary N) is 3. The predicted octanol–water partition coefficient (Wildman–Crippen LogP) is 5.15. The average molecular weight is 471 g/mol. The molecule has 3 N–H and O–H groups in total. The third-order valence-electron chi connectivity index (χ3n) is 5.51. The quantitative estimate of drug-likeness (QED) is 0.327. The summed E-state index contributed by atoms with van der Waals surface area (Å²) in [6.07, 6.45) is 0.969. The second-order valence-corrected chi connectivity index (χ2v) is 8.61. The van der Waals surface area contributed by atoms with Gasteiger partial charge in [-0.2, -0.15) is 0 Å². The Morgan fingerprint density at radius 3 is 2.06 bits per heavy atom. The summed E-state index contributed by atoms with van der Waals surface area (Å²) in [4.78, 5) is 29.2. The molecule has 0 fully saturated rings. The van der Waals surface area contributed by atoms with Crippen molar-refractivity contribution in [3.8, 4) is 10.6 Å². The van der Waals surface area contributed by atoms with E-state index in [0.29, 0.717) is 6.54 Å². The maximum atomic E-state index is 12.5. The number of aromatic nitrogens is 1. The van der Waals surface area contributed by atoms with Crippen molar-refractivity contribution >= 4 is 23.3 Å². The number of carbonyl (C=O) groups is 2. The van der Waals surface area contributed by atoms with E-state index in [0.717, 1.165) is 28.1 Å². The van der Waals surface area contributed by atoms with Gasteiger partial charge in [0.05, 0.1) is 0 Å². The van der Waals surface area contributed by atoms with Crippen molar-refractivity contribution in [1.29, 1.82) is 0 Å². The van der Waals surface area contributed by atoms with Crippen molar-refractivity contribution in [2.24, 2.45) is 0 Å². The van der Waals surface area contributed by atoms with Gasteiger partial charge >= 0.3 is 6.03 Å². The average Bonchev–Trinajstić information content (AvgIpc) is 3.39. The van der Waals surface area contributed by atoms with Crippen LogP contribution in [0.3, 0.4) is 0 Å². The molecule has 0 aliphatic heterocycles. The zero-order valence-corrected chi connectivity index (χ0v) is 19.6. The lowest BCUT2D eigenvalue weighted by atomic mass is 9.91. The first-order valence-corrected chi connectivity index (χ1v) is 12.0. The second kappa shape index (κ2) is 11.2. The number of hydrogen-bond donors (Lipinski definition) is 3. The van der Waals surface area contributed by atoms with Gasteiger partial charge in [0.15, 0.2) is 0 Å². The molecule has 0 spiro atoms. The molecule has 0 aliphatic rings. The minimum Gasteiger partial charge on any atom is -0.336 e. The summed E-state index contributed by atoms with van der Waals surface area (Å²) in [6.45, 7) is 2.48. The topological polar surface area (TPSA) is 83.1 Å². The number of carbonyl (C=O) groups excluding carboxylic acids is 2. The Labute approximate surface area is 203 Å². The third-order valence-corrected chi connectivity index (χ3v) is 6.40. The molecule has 0 aliphatic carbocycles. The molecule has 34 heavy (non-hydrogen) atoms. The SMILES string of the molecule is CCc1ccc(-c2nc(C(=O)NNC(=O)NCC(c3ccccc3)c3ccccc3)cs2)cc1. The largest absolute Gasteiger partial charge is 0.336 e. The van der Waals surface area contributed by atoms with Crippen LogP contribution in [0, 0.1) is 0 Å². The van der Waals surface area contributed by atoms with E-state index in [1.54, 1.807) is 5.38 Å². The lowest BCUT2D eigenvalue weighted by Crippen LogP contribution is -2.47. The fourth-order valence-electron chi connectivity index (χ4n) is 3.61. The van der Waals surface area contributed by atoms with E-state index in [4.69, 9.17) is 0 Å². The predicted molar refractivity (Wildman–Crippen MR) is 136 cm³/mol. The van der Waals surface area contributed by atoms with Crippen LogP contribution in [-0.2, 0) is 6.42 Å². The van der Waals surface area contributed by atoms with Gasteiger partial charge in [-0.3, -0.25) is 10.2 Å². The molecular weight excluding hydrogens is 444 g/mol. The van der Waals surface area contributed by atoms with E-state index < -0.39 is 11.9 Å². The number of amides is 3. The van der Waals surface area contributed by atoms with Gasteiger partial charge < -0.3 is 5.32 Å². The number of nitrogens with zero attached hydrogens (tertiary/aromatic N) is 1. The van der Waals surface area contributed by atoms with E-state index in [1.807, 2.05) is 72.8 Å². The van der Waals surface area contributed by atoms with Gasteiger partial charge in [-0.05, 0) is 23.1 Å². The summed E-state index contributed by atoms with van der Waals surface area (Å²) in [5, 5.41) is 5.28. The minimum absolute atomic E-state index is 0.0101. The molecule has 4 rings (SSSR count). The highest BCUT2D eigenvalue weighted by Crippen LogP contribution is 2.25. The molecule has 0 radical (unpaired) electrons. The monoisotopic (exact) mass is 470 g/mol. The Morgan fingerprint density at radius 1 is 0.853 bits per heavy atom.